The number of benzene rings is 2. The first-order valence-electron chi connectivity index (χ1n) is 16.3. The van der Waals surface area contributed by atoms with E-state index in [1.807, 2.05) is 6.92 Å². The van der Waals surface area contributed by atoms with Gasteiger partial charge in [-0.1, -0.05) is 0 Å². The molecule has 1 N–H and O–H groups in total. The summed E-state index contributed by atoms with van der Waals surface area (Å²) in [6.07, 6.45) is 3.01. The van der Waals surface area contributed by atoms with Crippen molar-refractivity contribution in [1.29, 1.82) is 0 Å². The number of hydrogen-bond donors (Lipinski definition) is 1. The number of halogens is 5. The largest absolute Gasteiger partial charge is 0.444 e. The summed E-state index contributed by atoms with van der Waals surface area (Å²) in [4.78, 5) is 47.6. The predicted molar refractivity (Wildman–Crippen MR) is 190 cm³/mol. The molecule has 3 amide bonds. The number of rotatable bonds is 5. The van der Waals surface area contributed by atoms with Crippen molar-refractivity contribution in [2.24, 2.45) is 0 Å². The average Bonchev–Trinajstić information content (AvgIpc) is 3.66. The summed E-state index contributed by atoms with van der Waals surface area (Å²) in [6, 6.07) is 5.99. The Kier molecular flexibility index (Phi) is 19.0. The van der Waals surface area contributed by atoms with Gasteiger partial charge in [-0.2, -0.15) is 0 Å². The van der Waals surface area contributed by atoms with Crippen LogP contribution in [0.5, 0.6) is 0 Å². The zero-order valence-corrected chi connectivity index (χ0v) is 32.1. The first kappa shape index (κ1) is 44.8. The normalized spacial score (nSPS) is 16.1. The first-order valence-corrected chi connectivity index (χ1v) is 17.4. The molecule has 2 fully saturated rings. The predicted octanol–water partition coefficient (Wildman–Crippen LogP) is 9.14. The molecule has 0 saturated carbocycles. The third-order valence-electron chi connectivity index (χ3n) is 6.58. The maximum absolute atomic E-state index is 13.5. The molecule has 2 heterocycles. The number of carbonyl (C=O) groups is 4. The Balaban J connectivity index is 0.000000376. The number of likely N-dealkylation sites (tertiary alicyclic amines) is 1. The van der Waals surface area contributed by atoms with E-state index in [1.54, 1.807) is 71.1 Å². The fourth-order valence-electron chi connectivity index (χ4n) is 4.18. The number of nitrogens with zero attached hydrogens (tertiary/aromatic N) is 1. The van der Waals surface area contributed by atoms with Gasteiger partial charge in [0.1, 0.15) is 34.5 Å². The number of nitrogens with one attached hydrogen (secondary N) is 1. The first-order chi connectivity index (χ1) is 23.1. The van der Waals surface area contributed by atoms with Gasteiger partial charge in [-0.25, -0.2) is 32.1 Å². The maximum atomic E-state index is 13.5. The molecule has 2 saturated heterocycles. The fraction of sp³-hybridized carbons (Fsp3) is 0.556. The van der Waals surface area contributed by atoms with Gasteiger partial charge in [-0.05, 0) is 128 Å². The second kappa shape index (κ2) is 21.2. The number of Topliss-reactive ketones (excluding diaryl/α,β-unsaturated/α-hetero) is 1. The second-order valence-electron chi connectivity index (χ2n) is 13.6. The highest BCUT2D eigenvalue weighted by Gasteiger charge is 2.35. The molecule has 0 radical (unpaired) electrons. The summed E-state index contributed by atoms with van der Waals surface area (Å²) in [6.45, 7) is 16.2. The topological polar surface area (TPSA) is 111 Å². The van der Waals surface area contributed by atoms with Crippen LogP contribution in [-0.2, 0) is 19.0 Å². The molecule has 280 valence electrons. The van der Waals surface area contributed by atoms with Crippen molar-refractivity contribution in [1.82, 2.24) is 10.2 Å². The quantitative estimate of drug-likeness (QED) is 0.139. The van der Waals surface area contributed by atoms with E-state index in [0.717, 1.165) is 37.8 Å². The summed E-state index contributed by atoms with van der Waals surface area (Å²) in [5, 5.41) is 2.60. The number of ketones is 1. The Labute approximate surface area is 305 Å². The lowest BCUT2D eigenvalue weighted by molar-refractivity contribution is -0.127. The van der Waals surface area contributed by atoms with Gasteiger partial charge in [0.15, 0.2) is 5.78 Å². The molecule has 9 nitrogen and oxygen atoms in total. The van der Waals surface area contributed by atoms with Crippen molar-refractivity contribution in [3.8, 4) is 0 Å². The van der Waals surface area contributed by atoms with Gasteiger partial charge < -0.3 is 19.5 Å². The summed E-state index contributed by atoms with van der Waals surface area (Å²) >= 11 is 1.80. The molecule has 0 spiro atoms. The minimum absolute atomic E-state index is 0.0302. The molecule has 0 bridgehead atoms. The third-order valence-corrected chi connectivity index (χ3v) is 7.46. The number of carbonyl (C=O) groups excluding carboxylic acids is 4. The molecule has 4 rings (SSSR count). The van der Waals surface area contributed by atoms with E-state index >= 15 is 0 Å². The minimum atomic E-state index is -0.877. The molecule has 14 heteroatoms. The third kappa shape index (κ3) is 18.6. The van der Waals surface area contributed by atoms with E-state index in [2.05, 4.69) is 5.32 Å². The van der Waals surface area contributed by atoms with Crippen molar-refractivity contribution in [3.63, 3.8) is 0 Å². The number of hydrogen-bond acceptors (Lipinski definition) is 7. The van der Waals surface area contributed by atoms with Crippen LogP contribution < -0.4 is 5.32 Å². The van der Waals surface area contributed by atoms with Crippen molar-refractivity contribution < 1.29 is 51.0 Å². The van der Waals surface area contributed by atoms with Crippen molar-refractivity contribution in [2.75, 3.05) is 13.2 Å². The van der Waals surface area contributed by atoms with Crippen molar-refractivity contribution >= 4 is 46.5 Å². The van der Waals surface area contributed by atoms with Crippen LogP contribution >= 0.6 is 22.6 Å². The molecular formula is C36H49F4IN2O7. The van der Waals surface area contributed by atoms with Crippen LogP contribution in [0.15, 0.2) is 36.4 Å². The molecule has 0 aromatic heterocycles. The van der Waals surface area contributed by atoms with Crippen LogP contribution in [-0.4, -0.2) is 65.3 Å². The summed E-state index contributed by atoms with van der Waals surface area (Å²) in [7, 11) is 0. The molecule has 2 aromatic carbocycles. The summed E-state index contributed by atoms with van der Waals surface area (Å²) < 4.78 is 66.3. The van der Waals surface area contributed by atoms with E-state index < -0.39 is 52.4 Å². The Hall–Kier alpha value is -3.27. The SMILES string of the molecule is C1CCOC1.C[C@@H](CCC(=O)c1ccc(F)cc1F)NC(=O)OC(C)(C)C.C[C@H]1CCC(=O)N1C(=O)OC(C)(C)C.Fc1ccc(I)c(F)c1. The van der Waals surface area contributed by atoms with E-state index in [1.165, 1.54) is 29.9 Å². The number of amides is 3. The highest BCUT2D eigenvalue weighted by Crippen LogP contribution is 2.21. The molecule has 0 aliphatic carbocycles. The zero-order chi connectivity index (χ0) is 38.2. The molecule has 0 unspecified atom stereocenters. The van der Waals surface area contributed by atoms with Crippen LogP contribution in [0.1, 0.15) is 104 Å². The minimum Gasteiger partial charge on any atom is -0.444 e. The molecule has 2 aliphatic heterocycles. The summed E-state index contributed by atoms with van der Waals surface area (Å²) in [5.41, 5.74) is -1.29. The lowest BCUT2D eigenvalue weighted by Gasteiger charge is -2.25. The van der Waals surface area contributed by atoms with E-state index in [9.17, 15) is 36.7 Å². The van der Waals surface area contributed by atoms with Gasteiger partial charge in [0.2, 0.25) is 5.91 Å². The Morgan fingerprint density at radius 2 is 1.46 bits per heavy atom. The van der Waals surface area contributed by atoms with Gasteiger partial charge in [-0.3, -0.25) is 9.59 Å². The lowest BCUT2D eigenvalue weighted by atomic mass is 10.0. The number of alkyl carbamates (subject to hydrolysis) is 1. The highest BCUT2D eigenvalue weighted by atomic mass is 127. The van der Waals surface area contributed by atoms with Gasteiger partial charge in [-0.15, -0.1) is 0 Å². The monoisotopic (exact) mass is 824 g/mol. The smallest absolute Gasteiger partial charge is 0.417 e. The van der Waals surface area contributed by atoms with Crippen molar-refractivity contribution in [3.05, 3.63) is 68.8 Å². The molecule has 2 aliphatic rings. The van der Waals surface area contributed by atoms with Crippen LogP contribution in [0, 0.1) is 26.8 Å². The number of imide groups is 1. The van der Waals surface area contributed by atoms with Gasteiger partial charge in [0.05, 0.1) is 5.56 Å². The number of ether oxygens (including phenoxy) is 3. The highest BCUT2D eigenvalue weighted by molar-refractivity contribution is 14.1. The van der Waals surface area contributed by atoms with E-state index in [4.69, 9.17) is 14.2 Å². The average molecular weight is 825 g/mol. The second-order valence-corrected chi connectivity index (χ2v) is 14.8. The Bertz CT molecular complexity index is 1420. The van der Waals surface area contributed by atoms with Gasteiger partial charge >= 0.3 is 12.2 Å². The maximum Gasteiger partial charge on any atom is 0.417 e. The van der Waals surface area contributed by atoms with Crippen LogP contribution in [0.4, 0.5) is 27.2 Å². The molecular weight excluding hydrogens is 775 g/mol. The van der Waals surface area contributed by atoms with E-state index in [0.29, 0.717) is 22.5 Å². The molecule has 50 heavy (non-hydrogen) atoms. The zero-order valence-electron chi connectivity index (χ0n) is 30.0. The van der Waals surface area contributed by atoms with Gasteiger partial charge in [0, 0.05) is 53.8 Å². The molecule has 2 aromatic rings. The van der Waals surface area contributed by atoms with Gasteiger partial charge in [0.25, 0.3) is 0 Å². The van der Waals surface area contributed by atoms with Crippen molar-refractivity contribution in [2.45, 2.75) is 117 Å². The van der Waals surface area contributed by atoms with E-state index in [-0.39, 0.29) is 30.0 Å². The molecule has 2 atom stereocenters. The Morgan fingerprint density at radius 3 is 1.88 bits per heavy atom. The standard InChI is InChI=1S/C16H21F2NO3.C10H17NO3.C6H3F2I.C4H8O/c1-10(19-15(21)22-16(2,3)4)5-8-14(20)12-7-6-11(17)9-13(12)18;1-7-5-6-8(12)11(7)9(13)14-10(2,3)4;7-4-1-2-6(9)5(8)3-4;1-2-4-5-3-1/h6-7,9-10H,5,8H2,1-4H3,(H,19,21);7H,5-6H2,1-4H3;1-3H;1-4H2/t10-;7-;;/m00../s1. The van der Waals surface area contributed by atoms with Crippen LogP contribution in [0.2, 0.25) is 0 Å². The lowest BCUT2D eigenvalue weighted by Crippen LogP contribution is -2.41. The summed E-state index contributed by atoms with van der Waals surface area (Å²) in [5.74, 6) is -3.21. The van der Waals surface area contributed by atoms with Crippen LogP contribution in [0.25, 0.3) is 0 Å². The van der Waals surface area contributed by atoms with Crippen LogP contribution in [0.3, 0.4) is 0 Å². The Morgan fingerprint density at radius 1 is 0.920 bits per heavy atom. The fourth-order valence-corrected chi connectivity index (χ4v) is 4.52.